The van der Waals surface area contributed by atoms with Crippen LogP contribution in [0.1, 0.15) is 23.6 Å². The van der Waals surface area contributed by atoms with Crippen molar-refractivity contribution in [3.05, 3.63) is 99.0 Å². The lowest BCUT2D eigenvalue weighted by Gasteiger charge is -2.15. The van der Waals surface area contributed by atoms with E-state index >= 15 is 0 Å². The molecule has 0 aliphatic carbocycles. The molecule has 0 bridgehead atoms. The van der Waals surface area contributed by atoms with Gasteiger partial charge in [0.2, 0.25) is 5.91 Å². The van der Waals surface area contributed by atoms with Gasteiger partial charge in [-0.15, -0.1) is 0 Å². The molecule has 1 atom stereocenters. The van der Waals surface area contributed by atoms with E-state index in [0.29, 0.717) is 33.2 Å². The minimum Gasteiger partial charge on any atom is -0.490 e. The maximum absolute atomic E-state index is 12.4. The third kappa shape index (κ3) is 7.87. The minimum atomic E-state index is -1.10. The third-order valence-corrected chi connectivity index (χ3v) is 5.94. The molecule has 8 heteroatoms. The van der Waals surface area contributed by atoms with Crippen molar-refractivity contribution in [1.29, 1.82) is 0 Å². The smallest absolute Gasteiger partial charge is 0.326 e. The molecule has 182 valence electrons. The summed E-state index contributed by atoms with van der Waals surface area (Å²) in [7, 11) is 0. The Kier molecular flexibility index (Phi) is 9.76. The van der Waals surface area contributed by atoms with Crippen LogP contribution in [0.2, 0.25) is 5.02 Å². The van der Waals surface area contributed by atoms with Crippen LogP contribution in [0, 0.1) is 0 Å². The van der Waals surface area contributed by atoms with Gasteiger partial charge < -0.3 is 19.9 Å². The summed E-state index contributed by atoms with van der Waals surface area (Å²) < 4.78 is 12.4. The highest BCUT2D eigenvalue weighted by atomic mass is 79.9. The molecule has 3 aromatic rings. The number of ether oxygens (including phenoxy) is 2. The van der Waals surface area contributed by atoms with E-state index in [2.05, 4.69) is 21.2 Å². The Morgan fingerprint density at radius 2 is 1.80 bits per heavy atom. The predicted octanol–water partition coefficient (Wildman–Crippen LogP) is 5.91. The normalized spacial score (nSPS) is 11.7. The zero-order chi connectivity index (χ0) is 25.2. The van der Waals surface area contributed by atoms with E-state index in [-0.39, 0.29) is 13.0 Å². The zero-order valence-electron chi connectivity index (χ0n) is 19.0. The summed E-state index contributed by atoms with van der Waals surface area (Å²) in [5, 5.41) is 12.6. The Balaban J connectivity index is 1.71. The van der Waals surface area contributed by atoms with E-state index in [1.54, 1.807) is 24.3 Å². The van der Waals surface area contributed by atoms with Crippen molar-refractivity contribution < 1.29 is 24.2 Å². The molecule has 0 radical (unpaired) electrons. The predicted molar refractivity (Wildman–Crippen MR) is 140 cm³/mol. The van der Waals surface area contributed by atoms with Gasteiger partial charge in [-0.05, 0) is 58.3 Å². The van der Waals surface area contributed by atoms with E-state index in [9.17, 15) is 14.7 Å². The lowest BCUT2D eigenvalue weighted by atomic mass is 10.1. The van der Waals surface area contributed by atoms with Gasteiger partial charge in [0.05, 0.1) is 11.1 Å². The van der Waals surface area contributed by atoms with Crippen molar-refractivity contribution >= 4 is 45.5 Å². The zero-order valence-corrected chi connectivity index (χ0v) is 21.4. The van der Waals surface area contributed by atoms with Gasteiger partial charge in [0.1, 0.15) is 12.6 Å². The number of carbonyl (C=O) groups is 2. The van der Waals surface area contributed by atoms with E-state index in [1.165, 1.54) is 6.08 Å². The fourth-order valence-electron chi connectivity index (χ4n) is 3.29. The number of carboxylic acid groups (broad SMARTS) is 1. The third-order valence-electron chi connectivity index (χ3n) is 4.99. The molecule has 0 aliphatic heterocycles. The number of halogens is 2. The van der Waals surface area contributed by atoms with Gasteiger partial charge in [0.15, 0.2) is 11.5 Å². The van der Waals surface area contributed by atoms with Crippen LogP contribution in [0.25, 0.3) is 6.08 Å². The Bertz CT molecular complexity index is 1200. The van der Waals surface area contributed by atoms with Crippen LogP contribution >= 0.6 is 27.5 Å². The first-order valence-corrected chi connectivity index (χ1v) is 12.1. The molecule has 0 saturated heterocycles. The standard InChI is InChI=1S/C27H25BrClNO5/c1-2-34-24-16-19(14-21(28)26(24)35-17-20-10-6-7-11-22(20)29)12-13-25(31)30-23(27(32)33)15-18-8-4-3-5-9-18/h3-14,16,23H,2,15,17H2,1H3,(H,30,31)(H,32,33)/b13-12+. The molecular formula is C27H25BrClNO5. The lowest BCUT2D eigenvalue weighted by molar-refractivity contribution is -0.141. The van der Waals surface area contributed by atoms with E-state index < -0.39 is 17.9 Å². The quantitative estimate of drug-likeness (QED) is 0.286. The lowest BCUT2D eigenvalue weighted by Crippen LogP contribution is -2.41. The number of carbonyl (C=O) groups excluding carboxylic acids is 1. The highest BCUT2D eigenvalue weighted by Gasteiger charge is 2.19. The summed E-state index contributed by atoms with van der Waals surface area (Å²) in [6, 6.07) is 19.1. The molecule has 0 saturated carbocycles. The summed E-state index contributed by atoms with van der Waals surface area (Å²) in [4.78, 5) is 24.0. The SMILES string of the molecule is CCOc1cc(/C=C/C(=O)NC(Cc2ccccc2)C(=O)O)cc(Br)c1OCc1ccccc1Cl. The first kappa shape index (κ1) is 26.3. The molecule has 3 aromatic carbocycles. The van der Waals surface area contributed by atoms with Crippen molar-refractivity contribution in [2.24, 2.45) is 0 Å². The summed E-state index contributed by atoms with van der Waals surface area (Å²) >= 11 is 9.73. The second-order valence-corrected chi connectivity index (χ2v) is 8.83. The molecule has 0 aromatic heterocycles. The van der Waals surface area contributed by atoms with Crippen molar-refractivity contribution in [2.75, 3.05) is 6.61 Å². The number of benzene rings is 3. The van der Waals surface area contributed by atoms with Gasteiger partial charge in [-0.25, -0.2) is 4.79 Å². The van der Waals surface area contributed by atoms with Crippen molar-refractivity contribution in [3.63, 3.8) is 0 Å². The van der Waals surface area contributed by atoms with Gasteiger partial charge in [-0.3, -0.25) is 4.79 Å². The largest absolute Gasteiger partial charge is 0.490 e. The molecule has 3 rings (SSSR count). The average molecular weight is 559 g/mol. The second-order valence-electron chi connectivity index (χ2n) is 7.57. The summed E-state index contributed by atoms with van der Waals surface area (Å²) in [6.45, 7) is 2.54. The number of amides is 1. The maximum atomic E-state index is 12.4. The molecular weight excluding hydrogens is 534 g/mol. The second kappa shape index (κ2) is 13.0. The van der Waals surface area contributed by atoms with Crippen LogP contribution in [0.15, 0.2) is 77.3 Å². The number of rotatable bonds is 11. The van der Waals surface area contributed by atoms with Gasteiger partial charge >= 0.3 is 5.97 Å². The molecule has 1 unspecified atom stereocenters. The van der Waals surface area contributed by atoms with Gasteiger partial charge in [-0.2, -0.15) is 0 Å². The summed E-state index contributed by atoms with van der Waals surface area (Å²) in [5.41, 5.74) is 2.34. The number of aliphatic carboxylic acids is 1. The molecule has 0 aliphatic rings. The Labute approximate surface area is 217 Å². The molecule has 0 spiro atoms. The number of nitrogens with one attached hydrogen (secondary N) is 1. The van der Waals surface area contributed by atoms with Gasteiger partial charge in [0, 0.05) is 23.1 Å². The highest BCUT2D eigenvalue weighted by molar-refractivity contribution is 9.10. The summed E-state index contributed by atoms with van der Waals surface area (Å²) in [5.74, 6) is -0.595. The van der Waals surface area contributed by atoms with Crippen LogP contribution in [-0.2, 0) is 22.6 Å². The van der Waals surface area contributed by atoms with Crippen LogP contribution in [0.3, 0.4) is 0 Å². The highest BCUT2D eigenvalue weighted by Crippen LogP contribution is 2.38. The van der Waals surface area contributed by atoms with Crippen molar-refractivity contribution in [3.8, 4) is 11.5 Å². The van der Waals surface area contributed by atoms with E-state index in [4.69, 9.17) is 21.1 Å². The van der Waals surface area contributed by atoms with E-state index in [1.807, 2.05) is 55.5 Å². The first-order chi connectivity index (χ1) is 16.9. The number of hydrogen-bond donors (Lipinski definition) is 2. The molecule has 2 N–H and O–H groups in total. The fourth-order valence-corrected chi connectivity index (χ4v) is 4.06. The Morgan fingerprint density at radius 1 is 1.09 bits per heavy atom. The van der Waals surface area contributed by atoms with E-state index in [0.717, 1.165) is 11.1 Å². The van der Waals surface area contributed by atoms with Crippen molar-refractivity contribution in [1.82, 2.24) is 5.32 Å². The summed E-state index contributed by atoms with van der Waals surface area (Å²) in [6.07, 6.45) is 3.07. The monoisotopic (exact) mass is 557 g/mol. The Morgan fingerprint density at radius 3 is 2.49 bits per heavy atom. The van der Waals surface area contributed by atoms with Crippen LogP contribution in [-0.4, -0.2) is 29.6 Å². The molecule has 0 heterocycles. The maximum Gasteiger partial charge on any atom is 0.326 e. The first-order valence-electron chi connectivity index (χ1n) is 10.9. The topological polar surface area (TPSA) is 84.9 Å². The fraction of sp³-hybridized carbons (Fsp3) is 0.185. The molecule has 1 amide bonds. The van der Waals surface area contributed by atoms with Crippen molar-refractivity contribution in [2.45, 2.75) is 26.0 Å². The van der Waals surface area contributed by atoms with Gasteiger partial charge in [0.25, 0.3) is 0 Å². The van der Waals surface area contributed by atoms with Crippen LogP contribution < -0.4 is 14.8 Å². The number of hydrogen-bond acceptors (Lipinski definition) is 4. The van der Waals surface area contributed by atoms with Crippen LogP contribution in [0.4, 0.5) is 0 Å². The molecule has 0 fully saturated rings. The van der Waals surface area contributed by atoms with Gasteiger partial charge in [-0.1, -0.05) is 60.1 Å². The minimum absolute atomic E-state index is 0.188. The van der Waals surface area contributed by atoms with Crippen LogP contribution in [0.5, 0.6) is 11.5 Å². The Hall–Kier alpha value is -3.29. The number of carboxylic acids is 1. The molecule has 6 nitrogen and oxygen atoms in total. The molecule has 35 heavy (non-hydrogen) atoms. The average Bonchev–Trinajstić information content (AvgIpc) is 2.83.